The Bertz CT molecular complexity index is 1770. The van der Waals surface area contributed by atoms with Gasteiger partial charge >= 0.3 is 16.8 Å². The number of carboxylic acid groups (broad SMARTS) is 1. The molecule has 4 aromatic rings. The fourth-order valence-corrected chi connectivity index (χ4v) is 6.45. The van der Waals surface area contributed by atoms with Gasteiger partial charge in [0, 0.05) is 5.56 Å². The molecule has 266 valence electrons. The predicted molar refractivity (Wildman–Crippen MR) is 198 cm³/mol. The number of benzene rings is 3. The van der Waals surface area contributed by atoms with Crippen LogP contribution in [0.2, 0.25) is 0 Å². The number of phenolic OH excluding ortho intramolecular Hbond substituents is 1. The minimum atomic E-state index is -1.43. The van der Waals surface area contributed by atoms with Gasteiger partial charge in [-0.25, -0.2) is 4.98 Å². The maximum Gasteiger partial charge on any atom is 1.00 e. The number of carboxylic acids is 1. The molecule has 0 bridgehead atoms. The van der Waals surface area contributed by atoms with Gasteiger partial charge in [-0.1, -0.05) is 95.5 Å². The molecule has 0 spiro atoms. The predicted octanol–water partition coefficient (Wildman–Crippen LogP) is 9.73. The van der Waals surface area contributed by atoms with Gasteiger partial charge in [-0.2, -0.15) is 0 Å². The number of phenols is 2. The van der Waals surface area contributed by atoms with Gasteiger partial charge in [0.15, 0.2) is 11.5 Å². The number of aliphatic imine (C=N–C) groups is 2. The molecule has 1 aliphatic carbocycles. The van der Waals surface area contributed by atoms with E-state index in [1.807, 2.05) is 32.0 Å². The Labute approximate surface area is 307 Å². The number of aromatic hydroxyl groups is 2. The van der Waals surface area contributed by atoms with Crippen molar-refractivity contribution in [1.82, 2.24) is 4.98 Å². The van der Waals surface area contributed by atoms with E-state index >= 15 is 0 Å². The number of nitrogens with zero attached hydrogens (tertiary/aromatic N) is 3. The number of carbonyl (C=O) groups is 1. The van der Waals surface area contributed by atoms with Crippen molar-refractivity contribution in [2.45, 2.75) is 105 Å². The first-order valence-electron chi connectivity index (χ1n) is 17.3. The van der Waals surface area contributed by atoms with Crippen LogP contribution in [0.5, 0.6) is 11.5 Å². The standard InChI is InChI=1S/C29H35N3.C13H16O4.Co/c1-18(2)24-14-9-12-20(5)28(24)30-22(7)26-16-11-17-27(32-26)23(8)31-29-21(6)13-10-15-25(29)19(3)4;14-10-7-6-9(8-4-2-1-3-5-8)11(12(10)15)13(16)17;/h9-19H,1-8H3;6-8,14-15H,1-5H2,(H,16,17);/q;;+1/p-1. The minimum Gasteiger partial charge on any atom is -0.545 e. The largest absolute Gasteiger partial charge is 1.00 e. The summed E-state index contributed by atoms with van der Waals surface area (Å²) in [5.74, 6) is -1.45. The summed E-state index contributed by atoms with van der Waals surface area (Å²) in [6.07, 6.45) is 5.15. The van der Waals surface area contributed by atoms with Gasteiger partial charge in [0.05, 0.1) is 40.2 Å². The number of hydrogen-bond donors (Lipinski definition) is 2. The van der Waals surface area contributed by atoms with Gasteiger partial charge in [0.2, 0.25) is 0 Å². The Morgan fingerprint density at radius 3 is 1.64 bits per heavy atom. The van der Waals surface area contributed by atoms with E-state index < -0.39 is 17.5 Å². The van der Waals surface area contributed by atoms with E-state index in [-0.39, 0.29) is 28.3 Å². The zero-order valence-electron chi connectivity index (χ0n) is 30.5. The van der Waals surface area contributed by atoms with Gasteiger partial charge < -0.3 is 20.1 Å². The number of para-hydroxylation sites is 2. The summed E-state index contributed by atoms with van der Waals surface area (Å²) in [5.41, 5.74) is 10.9. The third kappa shape index (κ3) is 9.70. The summed E-state index contributed by atoms with van der Waals surface area (Å²) < 4.78 is 0. The van der Waals surface area contributed by atoms with Crippen molar-refractivity contribution >= 4 is 28.8 Å². The summed E-state index contributed by atoms with van der Waals surface area (Å²) in [6.45, 7) is 17.1. The molecule has 0 aliphatic heterocycles. The first kappa shape index (κ1) is 40.2. The van der Waals surface area contributed by atoms with Crippen molar-refractivity contribution in [3.8, 4) is 11.5 Å². The molecule has 0 atom stereocenters. The molecule has 1 fully saturated rings. The van der Waals surface area contributed by atoms with E-state index in [1.165, 1.54) is 34.7 Å². The zero-order valence-corrected chi connectivity index (χ0v) is 31.5. The molecule has 1 aliphatic rings. The molecule has 3 aromatic carbocycles. The smallest absolute Gasteiger partial charge is 0.545 e. The van der Waals surface area contributed by atoms with Crippen LogP contribution in [0.25, 0.3) is 0 Å². The van der Waals surface area contributed by atoms with Crippen molar-refractivity contribution in [2.24, 2.45) is 9.98 Å². The van der Waals surface area contributed by atoms with Crippen LogP contribution in [0.15, 0.2) is 76.7 Å². The molecule has 0 saturated heterocycles. The van der Waals surface area contributed by atoms with E-state index in [0.29, 0.717) is 17.4 Å². The second-order valence-electron chi connectivity index (χ2n) is 13.7. The molecular formula is C42H50CoN3O4. The molecule has 1 heterocycles. The van der Waals surface area contributed by atoms with E-state index in [2.05, 4.69) is 77.9 Å². The van der Waals surface area contributed by atoms with Gasteiger partial charge in [0.25, 0.3) is 0 Å². The van der Waals surface area contributed by atoms with Crippen molar-refractivity contribution < 1.29 is 36.9 Å². The average molecular weight is 720 g/mol. The Balaban J connectivity index is 0.000000316. The van der Waals surface area contributed by atoms with Crippen LogP contribution in [-0.4, -0.2) is 32.6 Å². The summed E-state index contributed by atoms with van der Waals surface area (Å²) >= 11 is 0. The van der Waals surface area contributed by atoms with Crippen molar-refractivity contribution in [1.29, 1.82) is 0 Å². The maximum atomic E-state index is 11.1. The van der Waals surface area contributed by atoms with Crippen LogP contribution in [0.4, 0.5) is 11.4 Å². The van der Waals surface area contributed by atoms with Gasteiger partial charge in [-0.3, -0.25) is 9.98 Å². The second-order valence-corrected chi connectivity index (χ2v) is 13.7. The summed E-state index contributed by atoms with van der Waals surface area (Å²) in [5, 5.41) is 30.0. The van der Waals surface area contributed by atoms with E-state index in [1.54, 1.807) is 6.07 Å². The van der Waals surface area contributed by atoms with Crippen LogP contribution >= 0.6 is 0 Å². The van der Waals surface area contributed by atoms with Crippen LogP contribution in [0.3, 0.4) is 0 Å². The molecule has 50 heavy (non-hydrogen) atoms. The monoisotopic (exact) mass is 719 g/mol. The van der Waals surface area contributed by atoms with E-state index in [4.69, 9.17) is 15.0 Å². The minimum absolute atomic E-state index is 0. The van der Waals surface area contributed by atoms with Crippen molar-refractivity contribution in [3.05, 3.63) is 111 Å². The van der Waals surface area contributed by atoms with Gasteiger partial charge in [0.1, 0.15) is 0 Å². The fraction of sp³-hybridized carbons (Fsp3) is 0.381. The first-order valence-corrected chi connectivity index (χ1v) is 17.3. The summed E-state index contributed by atoms with van der Waals surface area (Å²) in [7, 11) is 0. The SMILES string of the molecule is CC(=Nc1c(C)cccc1C(C)C)c1cccc(C(C)=Nc2c(C)cccc2C(C)C)n1.O=C([O-])c1c(C2CCCCC2)ccc(O)c1O.[Co+]. The third-order valence-electron chi connectivity index (χ3n) is 9.27. The Morgan fingerprint density at radius 2 is 1.20 bits per heavy atom. The van der Waals surface area contributed by atoms with E-state index in [9.17, 15) is 20.1 Å². The van der Waals surface area contributed by atoms with Crippen LogP contribution in [-0.2, 0) is 16.8 Å². The molecule has 2 N–H and O–H groups in total. The normalized spacial score (nSPS) is 13.9. The second kappa shape index (κ2) is 18.1. The zero-order chi connectivity index (χ0) is 35.8. The molecule has 7 nitrogen and oxygen atoms in total. The van der Waals surface area contributed by atoms with Crippen molar-refractivity contribution in [3.63, 3.8) is 0 Å². The number of hydrogen-bond acceptors (Lipinski definition) is 7. The van der Waals surface area contributed by atoms with Crippen LogP contribution in [0, 0.1) is 13.8 Å². The number of carbonyl (C=O) groups excluding carboxylic acids is 1. The number of aryl methyl sites for hydroxylation is 2. The third-order valence-corrected chi connectivity index (χ3v) is 9.27. The molecule has 0 unspecified atom stereocenters. The number of rotatable bonds is 8. The van der Waals surface area contributed by atoms with Gasteiger partial charge in [-0.15, -0.1) is 0 Å². The Hall–Kier alpha value is -4.27. The molecule has 8 heteroatoms. The average Bonchev–Trinajstić information content (AvgIpc) is 3.08. The molecule has 5 rings (SSSR count). The molecule has 1 aromatic heterocycles. The maximum absolute atomic E-state index is 11.1. The molecule has 0 amide bonds. The molecular weight excluding hydrogens is 669 g/mol. The summed E-state index contributed by atoms with van der Waals surface area (Å²) in [4.78, 5) is 26.0. The Kier molecular flexibility index (Phi) is 14.5. The summed E-state index contributed by atoms with van der Waals surface area (Å²) in [6, 6.07) is 21.8. The topological polar surface area (TPSA) is 118 Å². The van der Waals surface area contributed by atoms with Crippen LogP contribution in [0.1, 0.15) is 141 Å². The number of pyridine rings is 1. The number of aromatic carboxylic acids is 1. The molecule has 0 radical (unpaired) electrons. The Morgan fingerprint density at radius 1 is 0.740 bits per heavy atom. The van der Waals surface area contributed by atoms with E-state index in [0.717, 1.165) is 59.9 Å². The fourth-order valence-electron chi connectivity index (χ4n) is 6.45. The molecule has 1 saturated carbocycles. The van der Waals surface area contributed by atoms with Gasteiger partial charge in [-0.05, 0) is 104 Å². The first-order chi connectivity index (χ1) is 23.3. The quantitative estimate of drug-likeness (QED) is 0.139. The van der Waals surface area contributed by atoms with Crippen molar-refractivity contribution in [2.75, 3.05) is 0 Å². The number of aromatic nitrogens is 1. The van der Waals surface area contributed by atoms with Crippen LogP contribution < -0.4 is 5.11 Å².